The second-order valence-corrected chi connectivity index (χ2v) is 12.7. The van der Waals surface area contributed by atoms with Crippen molar-refractivity contribution < 1.29 is 23.8 Å². The van der Waals surface area contributed by atoms with Crippen molar-refractivity contribution in [1.29, 1.82) is 0 Å². The quantitative estimate of drug-likeness (QED) is 0.0405. The van der Waals surface area contributed by atoms with Gasteiger partial charge in [0.15, 0.2) is 10.1 Å². The lowest BCUT2D eigenvalue weighted by molar-refractivity contribution is -0.132. The first-order valence-corrected chi connectivity index (χ1v) is 16.3. The number of ether oxygens (including phenoxy) is 1. The number of aliphatic hydroxyl groups is 1. The first kappa shape index (κ1) is 30.5. The van der Waals surface area contributed by atoms with Gasteiger partial charge in [0.2, 0.25) is 5.13 Å². The minimum absolute atomic E-state index is 0.0901. The maximum Gasteiger partial charge on any atom is 0.301 e. The highest BCUT2D eigenvalue weighted by Crippen LogP contribution is 2.45. The molecule has 5 aromatic rings. The van der Waals surface area contributed by atoms with Gasteiger partial charge in [0.1, 0.15) is 22.9 Å². The highest BCUT2D eigenvalue weighted by molar-refractivity contribution is 8.00. The molecule has 0 saturated carbocycles. The van der Waals surface area contributed by atoms with Crippen LogP contribution in [-0.2, 0) is 15.3 Å². The third kappa shape index (κ3) is 6.07. The molecule has 3 aromatic heterocycles. The van der Waals surface area contributed by atoms with Crippen molar-refractivity contribution in [2.45, 2.75) is 49.2 Å². The number of aliphatic hydroxyl groups excluding tert-OH is 1. The van der Waals surface area contributed by atoms with Crippen LogP contribution in [0, 0.1) is 12.7 Å². The van der Waals surface area contributed by atoms with Crippen LogP contribution < -0.4 is 9.64 Å². The van der Waals surface area contributed by atoms with E-state index in [1.807, 2.05) is 12.1 Å². The Morgan fingerprint density at radius 3 is 2.71 bits per heavy atom. The molecular weight excluding hydrogens is 614 g/mol. The summed E-state index contributed by atoms with van der Waals surface area (Å²) in [5.41, 5.74) is 2.39. The summed E-state index contributed by atoms with van der Waals surface area (Å²) in [4.78, 5) is 33.3. The fourth-order valence-electron chi connectivity index (χ4n) is 5.30. The van der Waals surface area contributed by atoms with Crippen LogP contribution in [-0.4, -0.2) is 43.0 Å². The monoisotopic (exact) mass is 643 g/mol. The molecule has 1 unspecified atom stereocenters. The zero-order chi connectivity index (χ0) is 31.5. The molecule has 2 aromatic carbocycles. The Hall–Kier alpha value is -4.55. The first-order valence-electron chi connectivity index (χ1n) is 14.5. The third-order valence-corrected chi connectivity index (χ3v) is 9.58. The lowest BCUT2D eigenvalue weighted by Crippen LogP contribution is -2.29. The van der Waals surface area contributed by atoms with E-state index in [2.05, 4.69) is 22.1 Å². The van der Waals surface area contributed by atoms with E-state index in [1.54, 1.807) is 66.1 Å². The van der Waals surface area contributed by atoms with Crippen molar-refractivity contribution in [1.82, 2.24) is 19.6 Å². The van der Waals surface area contributed by atoms with E-state index in [0.29, 0.717) is 50.6 Å². The van der Waals surface area contributed by atoms with Gasteiger partial charge in [-0.3, -0.25) is 18.9 Å². The van der Waals surface area contributed by atoms with Gasteiger partial charge in [-0.15, -0.1) is 10.2 Å². The molecule has 0 radical (unpaired) electrons. The Kier molecular flexibility index (Phi) is 8.95. The van der Waals surface area contributed by atoms with Gasteiger partial charge in [0.25, 0.3) is 5.78 Å². The Labute approximate surface area is 267 Å². The fourth-order valence-corrected chi connectivity index (χ4v) is 7.16. The number of thioether (sulfide) groups is 1. The van der Waals surface area contributed by atoms with Crippen molar-refractivity contribution in [2.24, 2.45) is 0 Å². The number of benzene rings is 2. The minimum atomic E-state index is -1.02. The van der Waals surface area contributed by atoms with E-state index in [0.717, 1.165) is 30.6 Å². The fraction of sp³-hybridized carbons (Fsp3) is 0.242. The number of anilines is 1. The predicted molar refractivity (Wildman–Crippen MR) is 172 cm³/mol. The van der Waals surface area contributed by atoms with Crippen molar-refractivity contribution in [3.8, 4) is 5.75 Å². The van der Waals surface area contributed by atoms with E-state index < -0.39 is 17.7 Å². The van der Waals surface area contributed by atoms with Gasteiger partial charge < -0.3 is 9.84 Å². The summed E-state index contributed by atoms with van der Waals surface area (Å²) in [6, 6.07) is 18.0. The number of carbonyl (C=O) groups excluding carboxylic acids is 2. The lowest BCUT2D eigenvalue weighted by atomic mass is 9.96. The van der Waals surface area contributed by atoms with Gasteiger partial charge >= 0.3 is 5.91 Å². The summed E-state index contributed by atoms with van der Waals surface area (Å²) in [7, 11) is 0. The standard InChI is InChI=1S/C33H30FN5O4S2/c1-3-4-9-17-43-23-13-10-12-21(18-23)28-26(29(40)27-20(2)35-25-15-7-8-16-38(25)27)30(41)31(42)39(28)32-36-37-33(45-32)44-19-22-11-5-6-14-24(22)34/h5-8,10-16,18,28,40H,3-4,9,17,19H2,1-2H3. The Morgan fingerprint density at radius 2 is 1.89 bits per heavy atom. The average molecular weight is 644 g/mol. The van der Waals surface area contributed by atoms with Crippen LogP contribution in [0.4, 0.5) is 9.52 Å². The van der Waals surface area contributed by atoms with Crippen molar-refractivity contribution in [3.05, 3.63) is 107 Å². The number of Topliss-reactive ketones (excluding diaryl/α,β-unsaturated/α-hetero) is 1. The molecule has 1 atom stereocenters. The maximum absolute atomic E-state index is 14.2. The molecule has 12 heteroatoms. The van der Waals surface area contributed by atoms with Crippen LogP contribution in [0.25, 0.3) is 11.4 Å². The van der Waals surface area contributed by atoms with Gasteiger partial charge in [-0.1, -0.05) is 79.3 Å². The molecule has 1 saturated heterocycles. The molecule has 1 amide bonds. The summed E-state index contributed by atoms with van der Waals surface area (Å²) in [6.45, 7) is 4.38. The number of carbonyl (C=O) groups is 2. The van der Waals surface area contributed by atoms with E-state index in [1.165, 1.54) is 22.7 Å². The molecular formula is C33H30FN5O4S2. The van der Waals surface area contributed by atoms with Gasteiger partial charge in [0.05, 0.1) is 23.9 Å². The number of imidazole rings is 1. The van der Waals surface area contributed by atoms with E-state index >= 15 is 0 Å². The average Bonchev–Trinajstić information content (AvgIpc) is 3.72. The summed E-state index contributed by atoms with van der Waals surface area (Å²) in [6.07, 6.45) is 4.73. The number of ketones is 1. The number of fused-ring (bicyclic) bond motifs is 1. The molecule has 4 heterocycles. The number of nitrogens with zero attached hydrogens (tertiary/aromatic N) is 5. The van der Waals surface area contributed by atoms with Crippen LogP contribution in [0.2, 0.25) is 0 Å². The van der Waals surface area contributed by atoms with Crippen molar-refractivity contribution in [3.63, 3.8) is 0 Å². The summed E-state index contributed by atoms with van der Waals surface area (Å²) in [5.74, 6) is -1.46. The zero-order valence-corrected chi connectivity index (χ0v) is 26.3. The number of halogens is 1. The van der Waals surface area contributed by atoms with Crippen LogP contribution in [0.3, 0.4) is 0 Å². The number of aryl methyl sites for hydroxylation is 1. The molecule has 1 N–H and O–H groups in total. The van der Waals surface area contributed by atoms with Crippen molar-refractivity contribution in [2.75, 3.05) is 11.5 Å². The van der Waals surface area contributed by atoms with Gasteiger partial charge in [-0.25, -0.2) is 9.37 Å². The predicted octanol–water partition coefficient (Wildman–Crippen LogP) is 7.12. The van der Waals surface area contributed by atoms with Gasteiger partial charge in [-0.05, 0) is 54.8 Å². The Balaban J connectivity index is 1.42. The number of hydrogen-bond acceptors (Lipinski definition) is 9. The highest BCUT2D eigenvalue weighted by atomic mass is 32.2. The second-order valence-electron chi connectivity index (χ2n) is 10.5. The number of aromatic nitrogens is 4. The molecule has 0 spiro atoms. The van der Waals surface area contributed by atoms with Crippen molar-refractivity contribution >= 4 is 51.3 Å². The number of rotatable bonds is 11. The molecule has 1 aliphatic heterocycles. The van der Waals surface area contributed by atoms with Crippen LogP contribution >= 0.6 is 23.1 Å². The Morgan fingerprint density at radius 1 is 1.07 bits per heavy atom. The number of hydrogen-bond donors (Lipinski definition) is 1. The van der Waals surface area contributed by atoms with Gasteiger partial charge in [-0.2, -0.15) is 0 Å². The molecule has 1 fully saturated rings. The van der Waals surface area contributed by atoms with Crippen LogP contribution in [0.15, 0.2) is 82.8 Å². The smallest absolute Gasteiger partial charge is 0.301 e. The summed E-state index contributed by atoms with van der Waals surface area (Å²) < 4.78 is 22.4. The minimum Gasteiger partial charge on any atom is -0.505 e. The molecule has 45 heavy (non-hydrogen) atoms. The third-order valence-electron chi connectivity index (χ3n) is 7.47. The number of pyridine rings is 1. The Bertz CT molecular complexity index is 1920. The van der Waals surface area contributed by atoms with E-state index in [4.69, 9.17) is 4.74 Å². The molecule has 0 bridgehead atoms. The largest absolute Gasteiger partial charge is 0.505 e. The number of amides is 1. The van der Waals surface area contributed by atoms with E-state index in [-0.39, 0.29) is 22.3 Å². The number of unbranched alkanes of at least 4 members (excludes halogenated alkanes) is 2. The molecule has 230 valence electrons. The highest BCUT2D eigenvalue weighted by Gasteiger charge is 2.49. The first-order chi connectivity index (χ1) is 21.9. The summed E-state index contributed by atoms with van der Waals surface area (Å²) >= 11 is 2.40. The molecule has 0 aliphatic carbocycles. The topological polar surface area (TPSA) is 110 Å². The van der Waals surface area contributed by atoms with E-state index in [9.17, 15) is 19.1 Å². The molecule has 1 aliphatic rings. The molecule has 9 nitrogen and oxygen atoms in total. The maximum atomic E-state index is 14.2. The summed E-state index contributed by atoms with van der Waals surface area (Å²) in [5, 5.41) is 20.5. The molecule has 6 rings (SSSR count). The second kappa shape index (κ2) is 13.2. The van der Waals surface area contributed by atoms with Crippen LogP contribution in [0.1, 0.15) is 54.7 Å². The lowest BCUT2D eigenvalue weighted by Gasteiger charge is -2.23. The van der Waals surface area contributed by atoms with Gasteiger partial charge in [0, 0.05) is 11.9 Å². The van der Waals surface area contributed by atoms with Crippen LogP contribution in [0.5, 0.6) is 5.75 Å². The zero-order valence-electron chi connectivity index (χ0n) is 24.6. The normalized spacial score (nSPS) is 16.2. The SMILES string of the molecule is CCCCCOc1cccc(C2C(=C(O)c3c(C)nc4ccccn34)C(=O)C(=O)N2c2nnc(SCc3ccccc3F)s2)c1.